The van der Waals surface area contributed by atoms with Gasteiger partial charge in [-0.05, 0) is 67.7 Å². The lowest BCUT2D eigenvalue weighted by atomic mass is 9.94. The van der Waals surface area contributed by atoms with Gasteiger partial charge in [0, 0.05) is 26.1 Å². The first-order valence-electron chi connectivity index (χ1n) is 10.8. The maximum Gasteiger partial charge on any atom is 0.240 e. The second-order valence-electron chi connectivity index (χ2n) is 8.65. The quantitative estimate of drug-likeness (QED) is 0.767. The van der Waals surface area contributed by atoms with Gasteiger partial charge in [0.25, 0.3) is 0 Å². The zero-order valence-corrected chi connectivity index (χ0v) is 18.3. The standard InChI is InChI=1S/C24H30N2O3S/c1-18-8-12-22(13-9-18)30(28,29)25-16-19-5-4-14-26(17-19)24(27)15-21-11-10-20-6-2-3-7-23(20)21/h2-3,6-9,12-13,19,21,25H,4-5,10-11,14-17H2,1H3. The minimum atomic E-state index is -3.52. The number of rotatable bonds is 6. The summed E-state index contributed by atoms with van der Waals surface area (Å²) >= 11 is 0. The lowest BCUT2D eigenvalue weighted by molar-refractivity contribution is -0.133. The first-order chi connectivity index (χ1) is 14.4. The molecular formula is C24H30N2O3S. The molecule has 2 aromatic rings. The molecule has 1 heterocycles. The molecule has 2 unspecified atom stereocenters. The van der Waals surface area contributed by atoms with Gasteiger partial charge < -0.3 is 4.90 Å². The summed E-state index contributed by atoms with van der Waals surface area (Å²) < 4.78 is 27.9. The van der Waals surface area contributed by atoms with Crippen LogP contribution in [0.1, 0.15) is 48.3 Å². The number of aryl methyl sites for hydroxylation is 2. The largest absolute Gasteiger partial charge is 0.342 e. The number of carbonyl (C=O) groups is 1. The third kappa shape index (κ3) is 4.76. The van der Waals surface area contributed by atoms with Crippen molar-refractivity contribution in [2.24, 2.45) is 5.92 Å². The molecule has 1 N–H and O–H groups in total. The summed E-state index contributed by atoms with van der Waals surface area (Å²) in [5, 5.41) is 0. The van der Waals surface area contributed by atoms with Crippen molar-refractivity contribution < 1.29 is 13.2 Å². The van der Waals surface area contributed by atoms with Gasteiger partial charge in [-0.2, -0.15) is 0 Å². The predicted molar refractivity (Wildman–Crippen MR) is 118 cm³/mol. The van der Waals surface area contributed by atoms with E-state index in [1.54, 1.807) is 24.3 Å². The molecular weight excluding hydrogens is 396 g/mol. The number of benzene rings is 2. The zero-order chi connectivity index (χ0) is 21.1. The first-order valence-corrected chi connectivity index (χ1v) is 12.3. The number of amides is 1. The van der Waals surface area contributed by atoms with Gasteiger partial charge in [0.1, 0.15) is 0 Å². The van der Waals surface area contributed by atoms with Crippen molar-refractivity contribution >= 4 is 15.9 Å². The first kappa shape index (κ1) is 21.1. The number of hydrogen-bond acceptors (Lipinski definition) is 3. The van der Waals surface area contributed by atoms with Crippen molar-refractivity contribution in [1.29, 1.82) is 0 Å². The molecule has 0 spiro atoms. The molecule has 2 atom stereocenters. The third-order valence-corrected chi connectivity index (χ3v) is 7.88. The summed E-state index contributed by atoms with van der Waals surface area (Å²) in [6.45, 7) is 3.70. The maximum absolute atomic E-state index is 13.0. The van der Waals surface area contributed by atoms with Crippen LogP contribution in [-0.2, 0) is 21.2 Å². The van der Waals surface area contributed by atoms with E-state index in [-0.39, 0.29) is 16.7 Å². The van der Waals surface area contributed by atoms with Crippen LogP contribution < -0.4 is 4.72 Å². The summed E-state index contributed by atoms with van der Waals surface area (Å²) in [6, 6.07) is 15.3. The van der Waals surface area contributed by atoms with Gasteiger partial charge >= 0.3 is 0 Å². The van der Waals surface area contributed by atoms with E-state index in [2.05, 4.69) is 29.0 Å². The van der Waals surface area contributed by atoms with Crippen LogP contribution in [0, 0.1) is 12.8 Å². The van der Waals surface area contributed by atoms with Crippen molar-refractivity contribution in [2.45, 2.75) is 49.8 Å². The van der Waals surface area contributed by atoms with Crippen molar-refractivity contribution in [3.05, 3.63) is 65.2 Å². The zero-order valence-electron chi connectivity index (χ0n) is 17.5. The Balaban J connectivity index is 1.32. The van der Waals surface area contributed by atoms with E-state index in [1.807, 2.05) is 11.8 Å². The number of fused-ring (bicyclic) bond motifs is 1. The van der Waals surface area contributed by atoms with Crippen LogP contribution in [0.25, 0.3) is 0 Å². The number of sulfonamides is 1. The van der Waals surface area contributed by atoms with Crippen molar-refractivity contribution in [3.8, 4) is 0 Å². The number of likely N-dealkylation sites (tertiary alicyclic amines) is 1. The van der Waals surface area contributed by atoms with Crippen LogP contribution in [0.4, 0.5) is 0 Å². The van der Waals surface area contributed by atoms with Crippen molar-refractivity contribution in [3.63, 3.8) is 0 Å². The fraction of sp³-hybridized carbons (Fsp3) is 0.458. The molecule has 6 heteroatoms. The molecule has 2 aromatic carbocycles. The smallest absolute Gasteiger partial charge is 0.240 e. The predicted octanol–water partition coefficient (Wildman–Crippen LogP) is 3.63. The van der Waals surface area contributed by atoms with E-state index in [4.69, 9.17) is 0 Å². The molecule has 1 aliphatic heterocycles. The highest BCUT2D eigenvalue weighted by Crippen LogP contribution is 2.36. The third-order valence-electron chi connectivity index (χ3n) is 6.44. The Kier molecular flexibility index (Phi) is 6.25. The highest BCUT2D eigenvalue weighted by Gasteiger charge is 2.29. The lowest BCUT2D eigenvalue weighted by Gasteiger charge is -2.33. The monoisotopic (exact) mass is 426 g/mol. The Labute approximate surface area is 179 Å². The van der Waals surface area contributed by atoms with Gasteiger partial charge in [0.2, 0.25) is 15.9 Å². The van der Waals surface area contributed by atoms with Gasteiger partial charge in [-0.25, -0.2) is 13.1 Å². The molecule has 1 amide bonds. The number of nitrogens with one attached hydrogen (secondary N) is 1. The Hall–Kier alpha value is -2.18. The lowest BCUT2D eigenvalue weighted by Crippen LogP contribution is -2.44. The second kappa shape index (κ2) is 8.90. The second-order valence-corrected chi connectivity index (χ2v) is 10.4. The topological polar surface area (TPSA) is 66.5 Å². The Morgan fingerprint density at radius 1 is 1.10 bits per heavy atom. The molecule has 160 valence electrons. The summed E-state index contributed by atoms with van der Waals surface area (Å²) in [4.78, 5) is 15.2. The molecule has 30 heavy (non-hydrogen) atoms. The van der Waals surface area contributed by atoms with E-state index in [1.165, 1.54) is 11.1 Å². The highest BCUT2D eigenvalue weighted by molar-refractivity contribution is 7.89. The average molecular weight is 427 g/mol. The molecule has 0 aromatic heterocycles. The van der Waals surface area contributed by atoms with Crippen LogP contribution in [-0.4, -0.2) is 38.9 Å². The fourth-order valence-corrected chi connectivity index (χ4v) is 5.80. The highest BCUT2D eigenvalue weighted by atomic mass is 32.2. The summed E-state index contributed by atoms with van der Waals surface area (Å²) in [5.41, 5.74) is 3.72. The minimum Gasteiger partial charge on any atom is -0.342 e. The van der Waals surface area contributed by atoms with Crippen LogP contribution in [0.15, 0.2) is 53.4 Å². The molecule has 0 bridgehead atoms. The van der Waals surface area contributed by atoms with Gasteiger partial charge in [-0.15, -0.1) is 0 Å². The number of piperidine rings is 1. The van der Waals surface area contributed by atoms with Crippen molar-refractivity contribution in [2.75, 3.05) is 19.6 Å². The molecule has 0 radical (unpaired) electrons. The van der Waals surface area contributed by atoms with E-state index in [9.17, 15) is 13.2 Å². The molecule has 1 saturated heterocycles. The number of nitrogens with zero attached hydrogens (tertiary/aromatic N) is 1. The van der Waals surface area contributed by atoms with Gasteiger partial charge in [-0.3, -0.25) is 4.79 Å². The molecule has 1 aliphatic carbocycles. The van der Waals surface area contributed by atoms with Crippen molar-refractivity contribution in [1.82, 2.24) is 9.62 Å². The maximum atomic E-state index is 13.0. The van der Waals surface area contributed by atoms with Crippen LogP contribution >= 0.6 is 0 Å². The van der Waals surface area contributed by atoms with Gasteiger partial charge in [-0.1, -0.05) is 42.0 Å². The van der Waals surface area contributed by atoms with Gasteiger partial charge in [0.15, 0.2) is 0 Å². The SMILES string of the molecule is Cc1ccc(S(=O)(=O)NCC2CCCN(C(=O)CC3CCc4ccccc43)C2)cc1. The normalized spacial score (nSPS) is 21.4. The molecule has 5 nitrogen and oxygen atoms in total. The molecule has 1 fully saturated rings. The van der Waals surface area contributed by atoms with E-state index < -0.39 is 10.0 Å². The van der Waals surface area contributed by atoms with E-state index in [0.29, 0.717) is 25.4 Å². The van der Waals surface area contributed by atoms with Crippen LogP contribution in [0.2, 0.25) is 0 Å². The fourth-order valence-electron chi connectivity index (χ4n) is 4.68. The van der Waals surface area contributed by atoms with E-state index >= 15 is 0 Å². The Morgan fingerprint density at radius 2 is 1.87 bits per heavy atom. The van der Waals surface area contributed by atoms with Crippen LogP contribution in [0.3, 0.4) is 0 Å². The molecule has 0 saturated carbocycles. The molecule has 2 aliphatic rings. The van der Waals surface area contributed by atoms with E-state index in [0.717, 1.165) is 37.8 Å². The van der Waals surface area contributed by atoms with Gasteiger partial charge in [0.05, 0.1) is 4.90 Å². The Morgan fingerprint density at radius 3 is 2.67 bits per heavy atom. The van der Waals surface area contributed by atoms with Crippen LogP contribution in [0.5, 0.6) is 0 Å². The average Bonchev–Trinajstić information content (AvgIpc) is 3.16. The number of carbonyl (C=O) groups excluding carboxylic acids is 1. The minimum absolute atomic E-state index is 0.152. The Bertz CT molecular complexity index is 1000. The molecule has 4 rings (SSSR count). The summed E-state index contributed by atoms with van der Waals surface area (Å²) in [7, 11) is -3.52. The summed E-state index contributed by atoms with van der Waals surface area (Å²) in [5.74, 6) is 0.663. The summed E-state index contributed by atoms with van der Waals surface area (Å²) in [6.07, 6.45) is 4.51. The number of hydrogen-bond donors (Lipinski definition) is 1.